The van der Waals surface area contributed by atoms with Gasteiger partial charge in [-0.25, -0.2) is 9.37 Å². The van der Waals surface area contributed by atoms with Gasteiger partial charge in [0.25, 0.3) is 5.56 Å². The highest BCUT2D eigenvalue weighted by Crippen LogP contribution is 2.12. The maximum absolute atomic E-state index is 13.7. The Hall–Kier alpha value is -2.67. The molecule has 25 heavy (non-hydrogen) atoms. The minimum Gasteiger partial charge on any atom is -0.466 e. The van der Waals surface area contributed by atoms with Crippen LogP contribution in [0.2, 0.25) is 5.02 Å². The van der Waals surface area contributed by atoms with Gasteiger partial charge >= 0.3 is 5.97 Å². The first-order chi connectivity index (χ1) is 12.0. The molecule has 6 nitrogen and oxygen atoms in total. The van der Waals surface area contributed by atoms with Crippen LogP contribution in [0.3, 0.4) is 0 Å². The van der Waals surface area contributed by atoms with Gasteiger partial charge in [-0.15, -0.1) is 0 Å². The second kappa shape index (κ2) is 7.06. The third-order valence-corrected chi connectivity index (χ3v) is 3.84. The number of hydrogen-bond donors (Lipinski definition) is 0. The van der Waals surface area contributed by atoms with Crippen molar-refractivity contribution >= 4 is 23.2 Å². The van der Waals surface area contributed by atoms with Crippen molar-refractivity contribution in [3.8, 4) is 0 Å². The van der Waals surface area contributed by atoms with E-state index in [0.29, 0.717) is 11.3 Å². The summed E-state index contributed by atoms with van der Waals surface area (Å²) >= 11 is 5.98. The lowest BCUT2D eigenvalue weighted by Gasteiger charge is -2.08. The van der Waals surface area contributed by atoms with E-state index in [4.69, 9.17) is 16.3 Å². The van der Waals surface area contributed by atoms with Gasteiger partial charge in [0.1, 0.15) is 5.02 Å². The highest BCUT2D eigenvalue weighted by molar-refractivity contribution is 6.30. The fraction of sp³-hybridized carbons (Fsp3) is 0.235. The van der Waals surface area contributed by atoms with Gasteiger partial charge in [0.15, 0.2) is 11.5 Å². The zero-order valence-corrected chi connectivity index (χ0v) is 14.2. The molecule has 0 N–H and O–H groups in total. The first kappa shape index (κ1) is 17.2. The largest absolute Gasteiger partial charge is 0.466 e. The fourth-order valence-corrected chi connectivity index (χ4v) is 2.78. The zero-order valence-electron chi connectivity index (χ0n) is 13.4. The van der Waals surface area contributed by atoms with Gasteiger partial charge in [-0.3, -0.25) is 9.59 Å². The number of carbonyl (C=O) groups is 1. The van der Waals surface area contributed by atoms with Crippen molar-refractivity contribution in [3.63, 3.8) is 0 Å². The number of carbonyl (C=O) groups excluding carboxylic acids is 1. The topological polar surface area (TPSA) is 65.6 Å². The number of esters is 1. The first-order valence-corrected chi connectivity index (χ1v) is 8.02. The average Bonchev–Trinajstić information content (AvgIpc) is 2.96. The number of fused-ring (bicyclic) bond motifs is 1. The maximum Gasteiger partial charge on any atom is 0.310 e. The summed E-state index contributed by atoms with van der Waals surface area (Å²) in [5.74, 6) is -0.853. The summed E-state index contributed by atoms with van der Waals surface area (Å²) in [6.45, 7) is 2.10. The fourth-order valence-electron chi connectivity index (χ4n) is 2.53. The molecular weight excluding hydrogens is 349 g/mol. The molecule has 0 bridgehead atoms. The summed E-state index contributed by atoms with van der Waals surface area (Å²) in [6.07, 6.45) is 4.84. The SMILES string of the molecule is CCOC(=O)Cc1cc(Cl)c(=O)n(Cc2cn3cccc(F)c3n2)c1. The summed E-state index contributed by atoms with van der Waals surface area (Å²) < 4.78 is 21.5. The predicted octanol–water partition coefficient (Wildman–Crippen LogP) is 2.44. The smallest absolute Gasteiger partial charge is 0.310 e. The normalized spacial score (nSPS) is 11.0. The number of aromatic nitrogens is 3. The van der Waals surface area contributed by atoms with Crippen LogP contribution in [-0.4, -0.2) is 26.5 Å². The van der Waals surface area contributed by atoms with Gasteiger partial charge in [0, 0.05) is 18.6 Å². The van der Waals surface area contributed by atoms with Crippen LogP contribution in [0, 0.1) is 5.82 Å². The number of imidazole rings is 1. The summed E-state index contributed by atoms with van der Waals surface area (Å²) in [6, 6.07) is 4.33. The van der Waals surface area contributed by atoms with Crippen molar-refractivity contribution in [2.24, 2.45) is 0 Å². The second-order valence-corrected chi connectivity index (χ2v) is 5.84. The van der Waals surface area contributed by atoms with Crippen LogP contribution in [0.25, 0.3) is 5.65 Å². The lowest BCUT2D eigenvalue weighted by molar-refractivity contribution is -0.142. The van der Waals surface area contributed by atoms with Gasteiger partial charge in [-0.1, -0.05) is 11.6 Å². The van der Waals surface area contributed by atoms with Crippen LogP contribution >= 0.6 is 11.6 Å². The molecule has 0 saturated carbocycles. The standard InChI is InChI=1S/C17H15ClFN3O3/c1-2-25-15(23)7-11-6-13(18)17(24)22(8-11)10-12-9-21-5-3-4-14(19)16(21)20-12/h3-6,8-9H,2,7,10H2,1H3. The Balaban J connectivity index is 1.92. The molecule has 0 aliphatic carbocycles. The van der Waals surface area contributed by atoms with Crippen LogP contribution in [0.15, 0.2) is 41.6 Å². The van der Waals surface area contributed by atoms with E-state index in [1.807, 2.05) is 0 Å². The Kier molecular flexibility index (Phi) is 4.85. The highest BCUT2D eigenvalue weighted by Gasteiger charge is 2.12. The number of pyridine rings is 2. The number of ether oxygens (including phenoxy) is 1. The van der Waals surface area contributed by atoms with Crippen molar-refractivity contribution in [3.05, 3.63) is 69.2 Å². The molecule has 0 aromatic carbocycles. The lowest BCUT2D eigenvalue weighted by atomic mass is 10.2. The van der Waals surface area contributed by atoms with Crippen molar-refractivity contribution in [1.82, 2.24) is 14.0 Å². The van der Waals surface area contributed by atoms with E-state index in [1.165, 1.54) is 22.9 Å². The van der Waals surface area contributed by atoms with Crippen molar-refractivity contribution < 1.29 is 13.9 Å². The number of hydrogen-bond acceptors (Lipinski definition) is 4. The molecule has 0 fully saturated rings. The van der Waals surface area contributed by atoms with Crippen molar-refractivity contribution in [2.45, 2.75) is 19.9 Å². The van der Waals surface area contributed by atoms with E-state index in [1.54, 1.807) is 29.8 Å². The number of nitrogens with zero attached hydrogens (tertiary/aromatic N) is 3. The molecule has 0 saturated heterocycles. The minimum absolute atomic E-state index is 0.00302. The number of rotatable bonds is 5. The summed E-state index contributed by atoms with van der Waals surface area (Å²) in [5, 5.41) is -0.00302. The van der Waals surface area contributed by atoms with Gasteiger partial charge in [-0.2, -0.15) is 0 Å². The van der Waals surface area contributed by atoms with Crippen molar-refractivity contribution in [2.75, 3.05) is 6.61 Å². The molecule has 0 aliphatic heterocycles. The molecule has 3 rings (SSSR count). The van der Waals surface area contributed by atoms with Gasteiger partial charge in [0.2, 0.25) is 0 Å². The van der Waals surface area contributed by atoms with Crippen molar-refractivity contribution in [1.29, 1.82) is 0 Å². The molecule has 0 unspecified atom stereocenters. The molecule has 8 heteroatoms. The molecule has 0 spiro atoms. The Labute approximate surface area is 147 Å². The zero-order chi connectivity index (χ0) is 18.0. The third kappa shape index (κ3) is 3.71. The quantitative estimate of drug-likeness (QED) is 0.653. The Bertz CT molecular complexity index is 996. The molecule has 0 atom stereocenters. The molecule has 3 heterocycles. The van der Waals surface area contributed by atoms with E-state index >= 15 is 0 Å². The van der Waals surface area contributed by atoms with E-state index < -0.39 is 17.3 Å². The summed E-state index contributed by atoms with van der Waals surface area (Å²) in [7, 11) is 0. The summed E-state index contributed by atoms with van der Waals surface area (Å²) in [4.78, 5) is 28.0. The van der Waals surface area contributed by atoms with E-state index in [9.17, 15) is 14.0 Å². The molecule has 3 aromatic rings. The molecule has 3 aromatic heterocycles. The minimum atomic E-state index is -0.449. The predicted molar refractivity (Wildman–Crippen MR) is 90.3 cm³/mol. The van der Waals surface area contributed by atoms with E-state index in [0.717, 1.165) is 0 Å². The Morgan fingerprint density at radius 1 is 1.40 bits per heavy atom. The van der Waals surface area contributed by atoms with Crippen LogP contribution < -0.4 is 5.56 Å². The second-order valence-electron chi connectivity index (χ2n) is 5.43. The molecular formula is C17H15ClFN3O3. The molecule has 0 radical (unpaired) electrons. The van der Waals surface area contributed by atoms with E-state index in [2.05, 4.69) is 4.98 Å². The summed E-state index contributed by atoms with van der Waals surface area (Å²) in [5.41, 5.74) is 0.820. The maximum atomic E-state index is 13.7. The first-order valence-electron chi connectivity index (χ1n) is 7.64. The Morgan fingerprint density at radius 2 is 2.20 bits per heavy atom. The van der Waals surface area contributed by atoms with Crippen LogP contribution in [-0.2, 0) is 22.5 Å². The van der Waals surface area contributed by atoms with Crippen LogP contribution in [0.5, 0.6) is 0 Å². The van der Waals surface area contributed by atoms with Crippen LogP contribution in [0.1, 0.15) is 18.2 Å². The van der Waals surface area contributed by atoms with Gasteiger partial charge in [0.05, 0.1) is 25.3 Å². The molecule has 0 aliphatic rings. The van der Waals surface area contributed by atoms with Gasteiger partial charge in [-0.05, 0) is 30.7 Å². The lowest BCUT2D eigenvalue weighted by Crippen LogP contribution is -2.22. The van der Waals surface area contributed by atoms with Gasteiger partial charge < -0.3 is 13.7 Å². The molecule has 130 valence electrons. The average molecular weight is 364 g/mol. The Morgan fingerprint density at radius 3 is 2.92 bits per heavy atom. The number of halogens is 2. The highest BCUT2D eigenvalue weighted by atomic mass is 35.5. The third-order valence-electron chi connectivity index (χ3n) is 3.57. The van der Waals surface area contributed by atoms with E-state index in [-0.39, 0.29) is 30.2 Å². The molecule has 0 amide bonds. The monoisotopic (exact) mass is 363 g/mol. The van der Waals surface area contributed by atoms with Crippen LogP contribution in [0.4, 0.5) is 4.39 Å².